The third kappa shape index (κ3) is 12.9. The molecule has 0 spiro atoms. The maximum Gasteiger partial charge on any atom is 0.326 e. The number of rotatable bonds is 18. The first-order valence-corrected chi connectivity index (χ1v) is 14.1. The highest BCUT2D eigenvalue weighted by Gasteiger charge is 2.30. The molecule has 0 fully saturated rings. The molecule has 1 rings (SSSR count). The first-order chi connectivity index (χ1) is 17.6. The van der Waals surface area contributed by atoms with E-state index in [0.717, 1.165) is 5.56 Å². The molecular formula is C26H43N5O5S. The molecule has 37 heavy (non-hydrogen) atoms. The van der Waals surface area contributed by atoms with Crippen molar-refractivity contribution in [2.45, 2.75) is 76.5 Å². The summed E-state index contributed by atoms with van der Waals surface area (Å²) >= 11 is 1.53. The maximum atomic E-state index is 13.3. The summed E-state index contributed by atoms with van der Waals surface area (Å²) in [5.74, 6) is -1.89. The zero-order valence-electron chi connectivity index (χ0n) is 22.1. The number of thioether (sulfide) groups is 1. The van der Waals surface area contributed by atoms with Crippen LogP contribution in [0.4, 0.5) is 0 Å². The van der Waals surface area contributed by atoms with Gasteiger partial charge in [0.15, 0.2) is 0 Å². The van der Waals surface area contributed by atoms with Gasteiger partial charge < -0.3 is 32.5 Å². The number of hydrogen-bond donors (Lipinski definition) is 6. The summed E-state index contributed by atoms with van der Waals surface area (Å²) in [4.78, 5) is 50.8. The van der Waals surface area contributed by atoms with Crippen molar-refractivity contribution in [2.24, 2.45) is 17.4 Å². The summed E-state index contributed by atoms with van der Waals surface area (Å²) in [6, 6.07) is 5.33. The second-order valence-electron chi connectivity index (χ2n) is 9.51. The molecule has 10 nitrogen and oxygen atoms in total. The number of carboxylic acid groups (broad SMARTS) is 1. The fourth-order valence-corrected chi connectivity index (χ4v) is 4.22. The third-order valence-electron chi connectivity index (χ3n) is 5.78. The number of benzene rings is 1. The van der Waals surface area contributed by atoms with E-state index in [9.17, 15) is 24.3 Å². The lowest BCUT2D eigenvalue weighted by Crippen LogP contribution is -2.57. The van der Waals surface area contributed by atoms with Crippen LogP contribution in [0.5, 0.6) is 0 Å². The number of carboxylic acids is 1. The molecule has 0 aliphatic rings. The average Bonchev–Trinajstić information content (AvgIpc) is 2.85. The molecule has 1 aromatic carbocycles. The van der Waals surface area contributed by atoms with E-state index in [2.05, 4.69) is 16.0 Å². The fraction of sp³-hybridized carbons (Fsp3) is 0.615. The lowest BCUT2D eigenvalue weighted by molar-refractivity contribution is -0.142. The summed E-state index contributed by atoms with van der Waals surface area (Å²) in [7, 11) is 0. The van der Waals surface area contributed by atoms with E-state index in [1.165, 1.54) is 11.8 Å². The molecule has 0 aliphatic carbocycles. The molecule has 0 aromatic heterocycles. The lowest BCUT2D eigenvalue weighted by Gasteiger charge is -2.25. The molecule has 1 aromatic rings. The van der Waals surface area contributed by atoms with Gasteiger partial charge in [0.25, 0.3) is 0 Å². The van der Waals surface area contributed by atoms with Gasteiger partial charge in [-0.15, -0.1) is 0 Å². The lowest BCUT2D eigenvalue weighted by atomic mass is 10.0. The van der Waals surface area contributed by atoms with Crippen molar-refractivity contribution in [2.75, 3.05) is 18.6 Å². The molecule has 3 amide bonds. The smallest absolute Gasteiger partial charge is 0.326 e. The minimum atomic E-state index is -1.15. The minimum absolute atomic E-state index is 0.156. The predicted octanol–water partition coefficient (Wildman–Crippen LogP) is 1.02. The van der Waals surface area contributed by atoms with E-state index in [1.54, 1.807) is 0 Å². The van der Waals surface area contributed by atoms with Gasteiger partial charge in [-0.3, -0.25) is 14.4 Å². The Morgan fingerprint density at radius 2 is 1.49 bits per heavy atom. The largest absolute Gasteiger partial charge is 0.480 e. The zero-order valence-corrected chi connectivity index (χ0v) is 22.9. The van der Waals surface area contributed by atoms with Crippen molar-refractivity contribution in [3.05, 3.63) is 35.9 Å². The van der Waals surface area contributed by atoms with Crippen molar-refractivity contribution < 1.29 is 24.3 Å². The molecule has 208 valence electrons. The number of aliphatic carboxylic acids is 1. The Kier molecular flexibility index (Phi) is 15.6. The molecular weight excluding hydrogens is 494 g/mol. The fourth-order valence-electron chi connectivity index (χ4n) is 3.75. The van der Waals surface area contributed by atoms with Crippen LogP contribution in [0.1, 0.15) is 51.5 Å². The molecule has 0 bridgehead atoms. The highest BCUT2D eigenvalue weighted by Crippen LogP contribution is 2.09. The second kappa shape index (κ2) is 17.8. The number of carbonyl (C=O) groups is 4. The van der Waals surface area contributed by atoms with Gasteiger partial charge in [-0.05, 0) is 62.1 Å². The molecule has 0 saturated carbocycles. The van der Waals surface area contributed by atoms with Gasteiger partial charge in [0.05, 0.1) is 6.04 Å². The van der Waals surface area contributed by atoms with Crippen LogP contribution in [-0.4, -0.2) is 71.5 Å². The number of amides is 3. The quantitative estimate of drug-likeness (QED) is 0.150. The van der Waals surface area contributed by atoms with E-state index in [-0.39, 0.29) is 18.8 Å². The summed E-state index contributed by atoms with van der Waals surface area (Å²) < 4.78 is 0. The van der Waals surface area contributed by atoms with Crippen LogP contribution in [-0.2, 0) is 25.6 Å². The molecule has 0 saturated heterocycles. The van der Waals surface area contributed by atoms with Crippen LogP contribution in [0.3, 0.4) is 0 Å². The maximum absolute atomic E-state index is 13.3. The van der Waals surface area contributed by atoms with Crippen molar-refractivity contribution in [3.8, 4) is 0 Å². The summed E-state index contributed by atoms with van der Waals surface area (Å²) in [6.07, 6.45) is 4.28. The summed E-state index contributed by atoms with van der Waals surface area (Å²) in [5.41, 5.74) is 12.3. The molecule has 0 radical (unpaired) electrons. The molecule has 4 unspecified atom stereocenters. The van der Waals surface area contributed by atoms with E-state index < -0.39 is 47.9 Å². The first-order valence-electron chi connectivity index (χ1n) is 12.7. The highest BCUT2D eigenvalue weighted by atomic mass is 32.2. The second-order valence-corrected chi connectivity index (χ2v) is 10.5. The van der Waals surface area contributed by atoms with E-state index in [1.807, 2.05) is 50.4 Å². The Hall–Kier alpha value is -2.63. The number of unbranched alkanes of at least 4 members (excludes halogenated alkanes) is 1. The van der Waals surface area contributed by atoms with E-state index in [4.69, 9.17) is 11.5 Å². The third-order valence-corrected chi connectivity index (χ3v) is 6.43. The Balaban J connectivity index is 3.06. The van der Waals surface area contributed by atoms with Crippen LogP contribution in [0.15, 0.2) is 30.3 Å². The van der Waals surface area contributed by atoms with Crippen LogP contribution in [0.25, 0.3) is 0 Å². The zero-order chi connectivity index (χ0) is 27.8. The van der Waals surface area contributed by atoms with Crippen molar-refractivity contribution in [1.29, 1.82) is 0 Å². The van der Waals surface area contributed by atoms with Crippen LogP contribution in [0.2, 0.25) is 0 Å². The van der Waals surface area contributed by atoms with Gasteiger partial charge in [0.2, 0.25) is 17.7 Å². The van der Waals surface area contributed by atoms with Crippen LogP contribution in [0, 0.1) is 5.92 Å². The number of nitrogens with two attached hydrogens (primary N) is 2. The summed E-state index contributed by atoms with van der Waals surface area (Å²) in [5, 5.41) is 17.6. The van der Waals surface area contributed by atoms with Gasteiger partial charge in [-0.25, -0.2) is 4.79 Å². The normalized spacial score (nSPS) is 14.3. The van der Waals surface area contributed by atoms with Gasteiger partial charge in [-0.2, -0.15) is 11.8 Å². The first kappa shape index (κ1) is 32.4. The Labute approximate surface area is 224 Å². The molecule has 0 aliphatic heterocycles. The molecule has 8 N–H and O–H groups in total. The Bertz CT molecular complexity index is 855. The SMILES string of the molecule is CSCCC(NC(=O)C(N)CC(C)C)C(=O)NC(Cc1ccccc1)C(=O)NC(CCCCN)C(=O)O. The highest BCUT2D eigenvalue weighted by molar-refractivity contribution is 7.98. The van der Waals surface area contributed by atoms with Crippen LogP contribution < -0.4 is 27.4 Å². The van der Waals surface area contributed by atoms with Crippen molar-refractivity contribution in [3.63, 3.8) is 0 Å². The van der Waals surface area contributed by atoms with Gasteiger partial charge >= 0.3 is 5.97 Å². The standard InChI is InChI=1S/C26H43N5O5S/c1-17(2)15-19(28)23(32)29-20(12-14-37-3)24(33)31-22(16-18-9-5-4-6-10-18)25(34)30-21(26(35)36)11-7-8-13-27/h4-6,9-10,17,19-22H,7-8,11-16,27-28H2,1-3H3,(H,29,32)(H,30,34)(H,31,33)(H,35,36). The number of carbonyl (C=O) groups excluding carboxylic acids is 3. The topological polar surface area (TPSA) is 177 Å². The van der Waals surface area contributed by atoms with Crippen molar-refractivity contribution in [1.82, 2.24) is 16.0 Å². The van der Waals surface area contributed by atoms with Gasteiger partial charge in [0, 0.05) is 6.42 Å². The molecule has 0 heterocycles. The van der Waals surface area contributed by atoms with E-state index >= 15 is 0 Å². The van der Waals surface area contributed by atoms with E-state index in [0.29, 0.717) is 38.0 Å². The molecule has 4 atom stereocenters. The Morgan fingerprint density at radius 3 is 2.05 bits per heavy atom. The number of hydrogen-bond acceptors (Lipinski definition) is 7. The van der Waals surface area contributed by atoms with Gasteiger partial charge in [-0.1, -0.05) is 44.2 Å². The molecule has 11 heteroatoms. The van der Waals surface area contributed by atoms with Crippen LogP contribution >= 0.6 is 11.8 Å². The minimum Gasteiger partial charge on any atom is -0.480 e. The van der Waals surface area contributed by atoms with Crippen molar-refractivity contribution >= 4 is 35.5 Å². The summed E-state index contributed by atoms with van der Waals surface area (Å²) in [6.45, 7) is 4.34. The number of nitrogens with one attached hydrogen (secondary N) is 3. The monoisotopic (exact) mass is 537 g/mol. The average molecular weight is 538 g/mol. The predicted molar refractivity (Wildman–Crippen MR) is 147 cm³/mol. The van der Waals surface area contributed by atoms with Gasteiger partial charge in [0.1, 0.15) is 18.1 Å². The Morgan fingerprint density at radius 1 is 0.892 bits per heavy atom.